The van der Waals surface area contributed by atoms with Crippen LogP contribution in [-0.4, -0.2) is 24.0 Å². The van der Waals surface area contributed by atoms with Gasteiger partial charge in [-0.3, -0.25) is 9.78 Å². The third-order valence-electron chi connectivity index (χ3n) is 1.68. The van der Waals surface area contributed by atoms with Gasteiger partial charge in [0.1, 0.15) is 0 Å². The summed E-state index contributed by atoms with van der Waals surface area (Å²) in [4.78, 5) is 15.4. The Hall–Kier alpha value is -1.42. The van der Waals surface area contributed by atoms with E-state index in [-0.39, 0.29) is 5.91 Å². The minimum atomic E-state index is -0.115. The zero-order valence-electron chi connectivity index (χ0n) is 7.58. The van der Waals surface area contributed by atoms with Crippen LogP contribution in [0.25, 0.3) is 0 Å². The van der Waals surface area contributed by atoms with Gasteiger partial charge < -0.3 is 11.1 Å². The average Bonchev–Trinajstić information content (AvgIpc) is 2.15. The first-order chi connectivity index (χ1) is 6.25. The summed E-state index contributed by atoms with van der Waals surface area (Å²) in [6, 6.07) is 3.48. The molecule has 4 nitrogen and oxygen atoms in total. The number of carbonyl (C=O) groups is 1. The largest absolute Gasteiger partial charge is 0.351 e. The number of hydrogen-bond donors (Lipinski definition) is 2. The SMILES string of the molecule is Cc1ncccc1C(=O)NCCN. The normalized spacial score (nSPS) is 9.69. The van der Waals surface area contributed by atoms with Crippen molar-refractivity contribution in [2.24, 2.45) is 5.73 Å². The number of pyridine rings is 1. The molecule has 1 heterocycles. The second-order valence-electron chi connectivity index (χ2n) is 2.68. The fourth-order valence-corrected chi connectivity index (χ4v) is 1.01. The highest BCUT2D eigenvalue weighted by atomic mass is 16.1. The molecule has 0 fully saturated rings. The van der Waals surface area contributed by atoms with Crippen molar-refractivity contribution in [1.82, 2.24) is 10.3 Å². The Morgan fingerprint density at radius 1 is 1.69 bits per heavy atom. The molecule has 0 bridgehead atoms. The van der Waals surface area contributed by atoms with Crippen molar-refractivity contribution in [1.29, 1.82) is 0 Å². The highest BCUT2D eigenvalue weighted by Gasteiger charge is 2.06. The van der Waals surface area contributed by atoms with Crippen LogP contribution in [0.3, 0.4) is 0 Å². The van der Waals surface area contributed by atoms with Crippen molar-refractivity contribution in [3.05, 3.63) is 29.6 Å². The van der Waals surface area contributed by atoms with Gasteiger partial charge in [-0.2, -0.15) is 0 Å². The fraction of sp³-hybridized carbons (Fsp3) is 0.333. The zero-order chi connectivity index (χ0) is 9.68. The van der Waals surface area contributed by atoms with Gasteiger partial charge in [0, 0.05) is 25.0 Å². The molecule has 0 saturated carbocycles. The maximum Gasteiger partial charge on any atom is 0.253 e. The number of nitrogens with one attached hydrogen (secondary N) is 1. The third-order valence-corrected chi connectivity index (χ3v) is 1.68. The third kappa shape index (κ3) is 2.52. The van der Waals surface area contributed by atoms with Crippen molar-refractivity contribution < 1.29 is 4.79 Å². The molecule has 0 aromatic carbocycles. The molecule has 0 spiro atoms. The number of hydrogen-bond acceptors (Lipinski definition) is 3. The van der Waals surface area contributed by atoms with Crippen LogP contribution in [-0.2, 0) is 0 Å². The molecule has 0 aliphatic carbocycles. The lowest BCUT2D eigenvalue weighted by molar-refractivity contribution is 0.0953. The van der Waals surface area contributed by atoms with Gasteiger partial charge in [-0.05, 0) is 19.1 Å². The van der Waals surface area contributed by atoms with Gasteiger partial charge >= 0.3 is 0 Å². The molecule has 3 N–H and O–H groups in total. The topological polar surface area (TPSA) is 68.0 Å². The quantitative estimate of drug-likeness (QED) is 0.690. The van der Waals surface area contributed by atoms with E-state index in [0.717, 1.165) is 5.69 Å². The molecule has 0 atom stereocenters. The first-order valence-corrected chi connectivity index (χ1v) is 4.15. The number of aromatic nitrogens is 1. The van der Waals surface area contributed by atoms with Crippen LogP contribution in [0, 0.1) is 6.92 Å². The maximum absolute atomic E-state index is 11.4. The van der Waals surface area contributed by atoms with Gasteiger partial charge in [-0.15, -0.1) is 0 Å². The lowest BCUT2D eigenvalue weighted by atomic mass is 10.2. The van der Waals surface area contributed by atoms with Gasteiger partial charge in [0.15, 0.2) is 0 Å². The zero-order valence-corrected chi connectivity index (χ0v) is 7.58. The molecule has 13 heavy (non-hydrogen) atoms. The Balaban J connectivity index is 2.71. The molecule has 1 rings (SSSR count). The molecule has 1 amide bonds. The average molecular weight is 179 g/mol. The number of amides is 1. The van der Waals surface area contributed by atoms with Crippen LogP contribution in [0.4, 0.5) is 0 Å². The van der Waals surface area contributed by atoms with Crippen molar-refractivity contribution >= 4 is 5.91 Å². The highest BCUT2D eigenvalue weighted by molar-refractivity contribution is 5.95. The Bertz CT molecular complexity index is 299. The summed E-state index contributed by atoms with van der Waals surface area (Å²) in [5.74, 6) is -0.115. The highest BCUT2D eigenvalue weighted by Crippen LogP contribution is 2.02. The van der Waals surface area contributed by atoms with E-state index < -0.39 is 0 Å². The summed E-state index contributed by atoms with van der Waals surface area (Å²) in [5.41, 5.74) is 6.60. The Kier molecular flexibility index (Phi) is 3.40. The Labute approximate surface area is 77.2 Å². The Morgan fingerprint density at radius 2 is 2.46 bits per heavy atom. The second-order valence-corrected chi connectivity index (χ2v) is 2.68. The van der Waals surface area contributed by atoms with Gasteiger partial charge in [-0.1, -0.05) is 0 Å². The number of carbonyl (C=O) groups excluding carboxylic acids is 1. The maximum atomic E-state index is 11.4. The molecular formula is C9H13N3O. The Morgan fingerprint density at radius 3 is 3.08 bits per heavy atom. The molecule has 0 aliphatic heterocycles. The molecular weight excluding hydrogens is 166 g/mol. The van der Waals surface area contributed by atoms with E-state index >= 15 is 0 Å². The van der Waals surface area contributed by atoms with Crippen LogP contribution in [0.15, 0.2) is 18.3 Å². The number of rotatable bonds is 3. The first-order valence-electron chi connectivity index (χ1n) is 4.15. The summed E-state index contributed by atoms with van der Waals surface area (Å²) in [6.07, 6.45) is 1.66. The molecule has 0 saturated heterocycles. The molecule has 4 heteroatoms. The lowest BCUT2D eigenvalue weighted by Crippen LogP contribution is -2.29. The van der Waals surface area contributed by atoms with E-state index in [2.05, 4.69) is 10.3 Å². The van der Waals surface area contributed by atoms with Crippen molar-refractivity contribution in [2.45, 2.75) is 6.92 Å². The summed E-state index contributed by atoms with van der Waals surface area (Å²) >= 11 is 0. The van der Waals surface area contributed by atoms with Crippen LogP contribution in [0.1, 0.15) is 16.1 Å². The first kappa shape index (κ1) is 9.67. The molecule has 1 aromatic rings. The summed E-state index contributed by atoms with van der Waals surface area (Å²) < 4.78 is 0. The molecule has 0 radical (unpaired) electrons. The van der Waals surface area contributed by atoms with Crippen LogP contribution in [0.2, 0.25) is 0 Å². The van der Waals surface area contributed by atoms with Crippen molar-refractivity contribution in [2.75, 3.05) is 13.1 Å². The van der Waals surface area contributed by atoms with Gasteiger partial charge in [-0.25, -0.2) is 0 Å². The van der Waals surface area contributed by atoms with Crippen LogP contribution >= 0.6 is 0 Å². The van der Waals surface area contributed by atoms with E-state index in [1.165, 1.54) is 0 Å². The smallest absolute Gasteiger partial charge is 0.253 e. The van der Waals surface area contributed by atoms with E-state index in [1.54, 1.807) is 25.3 Å². The van der Waals surface area contributed by atoms with E-state index in [0.29, 0.717) is 18.7 Å². The van der Waals surface area contributed by atoms with Gasteiger partial charge in [0.05, 0.1) is 5.56 Å². The molecule has 0 aliphatic rings. The fourth-order valence-electron chi connectivity index (χ4n) is 1.01. The van der Waals surface area contributed by atoms with Gasteiger partial charge in [0.2, 0.25) is 0 Å². The standard InChI is InChI=1S/C9H13N3O/c1-7-8(3-2-5-11-7)9(13)12-6-4-10/h2-3,5H,4,6,10H2,1H3,(H,12,13). The van der Waals surface area contributed by atoms with Crippen LogP contribution in [0.5, 0.6) is 0 Å². The van der Waals surface area contributed by atoms with E-state index in [4.69, 9.17) is 5.73 Å². The molecule has 0 unspecified atom stereocenters. The lowest BCUT2D eigenvalue weighted by Gasteiger charge is -2.04. The second kappa shape index (κ2) is 4.57. The summed E-state index contributed by atoms with van der Waals surface area (Å²) in [5, 5.41) is 2.69. The van der Waals surface area contributed by atoms with Crippen molar-refractivity contribution in [3.8, 4) is 0 Å². The number of aryl methyl sites for hydroxylation is 1. The van der Waals surface area contributed by atoms with E-state index in [9.17, 15) is 4.79 Å². The molecule has 1 aromatic heterocycles. The minimum absolute atomic E-state index is 0.115. The van der Waals surface area contributed by atoms with Crippen LogP contribution < -0.4 is 11.1 Å². The van der Waals surface area contributed by atoms with Crippen molar-refractivity contribution in [3.63, 3.8) is 0 Å². The summed E-state index contributed by atoms with van der Waals surface area (Å²) in [6.45, 7) is 2.75. The molecule has 70 valence electrons. The number of nitrogens with zero attached hydrogens (tertiary/aromatic N) is 1. The summed E-state index contributed by atoms with van der Waals surface area (Å²) in [7, 11) is 0. The minimum Gasteiger partial charge on any atom is -0.351 e. The van der Waals surface area contributed by atoms with E-state index in [1.807, 2.05) is 0 Å². The monoisotopic (exact) mass is 179 g/mol. The van der Waals surface area contributed by atoms with Gasteiger partial charge in [0.25, 0.3) is 5.91 Å². The number of nitrogens with two attached hydrogens (primary N) is 1. The predicted octanol–water partition coefficient (Wildman–Crippen LogP) is 0.0785. The predicted molar refractivity (Wildman–Crippen MR) is 50.4 cm³/mol.